The lowest BCUT2D eigenvalue weighted by atomic mass is 9.96. The smallest absolute Gasteiger partial charge is 0.257 e. The summed E-state index contributed by atoms with van der Waals surface area (Å²) in [4.78, 5) is 24.3. The summed E-state index contributed by atoms with van der Waals surface area (Å²) in [6.07, 6.45) is 1.02. The minimum absolute atomic E-state index is 0.282. The van der Waals surface area contributed by atoms with Crippen LogP contribution in [0.5, 0.6) is 0 Å². The van der Waals surface area contributed by atoms with Crippen molar-refractivity contribution in [3.8, 4) is 0 Å². The molecule has 2 amide bonds. The van der Waals surface area contributed by atoms with E-state index in [1.54, 1.807) is 24.3 Å². The number of carbonyl (C=O) groups is 2. The number of nitrogens with one attached hydrogen (secondary N) is 1. The second-order valence-electron chi connectivity index (χ2n) is 6.25. The molecule has 2 aromatic rings. The Morgan fingerprint density at radius 2 is 1.52 bits per heavy atom. The fraction of sp³-hybridized carbons (Fsp3) is 0.300. The van der Waals surface area contributed by atoms with E-state index in [-0.39, 0.29) is 17.7 Å². The number of hydrogen-bond donors (Lipinski definition) is 1. The van der Waals surface area contributed by atoms with Crippen molar-refractivity contribution in [2.75, 3.05) is 0 Å². The van der Waals surface area contributed by atoms with Crippen LogP contribution < -0.4 is 5.32 Å². The molecule has 1 atom stereocenters. The minimum atomic E-state index is -0.365. The van der Waals surface area contributed by atoms with Gasteiger partial charge in [0, 0.05) is 5.56 Å². The molecular formula is C20H23NO2. The van der Waals surface area contributed by atoms with Crippen LogP contribution >= 0.6 is 0 Å². The first kappa shape index (κ1) is 16.9. The summed E-state index contributed by atoms with van der Waals surface area (Å²) in [5.41, 5.74) is 2.66. The van der Waals surface area contributed by atoms with Gasteiger partial charge in [-0.2, -0.15) is 0 Å². The summed E-state index contributed by atoms with van der Waals surface area (Å²) in [7, 11) is 0. The van der Waals surface area contributed by atoms with Crippen molar-refractivity contribution in [3.63, 3.8) is 0 Å². The Morgan fingerprint density at radius 3 is 2.09 bits per heavy atom. The van der Waals surface area contributed by atoms with Gasteiger partial charge in [0.15, 0.2) is 0 Å². The highest BCUT2D eigenvalue weighted by Gasteiger charge is 2.18. The van der Waals surface area contributed by atoms with Crippen LogP contribution in [0.15, 0.2) is 54.6 Å². The topological polar surface area (TPSA) is 46.2 Å². The zero-order valence-corrected chi connectivity index (χ0v) is 13.9. The molecule has 23 heavy (non-hydrogen) atoms. The van der Waals surface area contributed by atoms with Gasteiger partial charge in [-0.3, -0.25) is 14.9 Å². The molecule has 120 valence electrons. The van der Waals surface area contributed by atoms with E-state index in [9.17, 15) is 9.59 Å². The maximum atomic E-state index is 12.3. The Morgan fingerprint density at radius 1 is 0.913 bits per heavy atom. The van der Waals surface area contributed by atoms with Gasteiger partial charge in [-0.1, -0.05) is 56.3 Å². The summed E-state index contributed by atoms with van der Waals surface area (Å²) >= 11 is 0. The maximum absolute atomic E-state index is 12.3. The molecule has 0 radical (unpaired) electrons. The summed E-state index contributed by atoms with van der Waals surface area (Å²) in [5, 5.41) is 2.46. The van der Waals surface area contributed by atoms with E-state index in [4.69, 9.17) is 0 Å². The molecule has 1 unspecified atom stereocenters. The molecule has 0 bridgehead atoms. The third kappa shape index (κ3) is 4.78. The molecule has 2 rings (SSSR count). The fourth-order valence-electron chi connectivity index (χ4n) is 2.45. The lowest BCUT2D eigenvalue weighted by Crippen LogP contribution is -2.33. The minimum Gasteiger partial charge on any atom is -0.292 e. The number of carbonyl (C=O) groups excluding carboxylic acids is 2. The van der Waals surface area contributed by atoms with Crippen LogP contribution in [0.25, 0.3) is 0 Å². The van der Waals surface area contributed by atoms with Crippen LogP contribution in [0.1, 0.15) is 48.2 Å². The zero-order valence-electron chi connectivity index (χ0n) is 13.9. The highest BCUT2D eigenvalue weighted by molar-refractivity contribution is 6.06. The van der Waals surface area contributed by atoms with E-state index in [1.807, 2.05) is 25.1 Å². The van der Waals surface area contributed by atoms with E-state index < -0.39 is 0 Å². The second-order valence-corrected chi connectivity index (χ2v) is 6.25. The van der Waals surface area contributed by atoms with Gasteiger partial charge in [-0.25, -0.2) is 0 Å². The Bertz CT molecular complexity index is 660. The van der Waals surface area contributed by atoms with Gasteiger partial charge >= 0.3 is 0 Å². The normalized spacial score (nSPS) is 12.0. The summed E-state index contributed by atoms with van der Waals surface area (Å²) in [6, 6.07) is 16.8. The molecule has 0 fully saturated rings. The first-order valence-corrected chi connectivity index (χ1v) is 7.96. The Labute approximate surface area is 137 Å². The lowest BCUT2D eigenvalue weighted by Gasteiger charge is -2.13. The quantitative estimate of drug-likeness (QED) is 0.909. The largest absolute Gasteiger partial charge is 0.292 e. The van der Waals surface area contributed by atoms with Crippen LogP contribution in [-0.4, -0.2) is 11.8 Å². The first-order valence-electron chi connectivity index (χ1n) is 7.96. The van der Waals surface area contributed by atoms with E-state index in [2.05, 4.69) is 31.3 Å². The van der Waals surface area contributed by atoms with Gasteiger partial charge in [0.1, 0.15) is 0 Å². The lowest BCUT2D eigenvalue weighted by molar-refractivity contribution is -0.121. The number of rotatable bonds is 5. The molecule has 3 nitrogen and oxygen atoms in total. The van der Waals surface area contributed by atoms with E-state index >= 15 is 0 Å². The second kappa shape index (κ2) is 7.73. The fourth-order valence-corrected chi connectivity index (χ4v) is 2.45. The molecule has 0 heterocycles. The Balaban J connectivity index is 2.00. The molecule has 1 N–H and O–H groups in total. The molecular weight excluding hydrogens is 286 g/mol. The molecule has 0 aromatic heterocycles. The molecule has 0 aliphatic heterocycles. The molecule has 0 saturated heterocycles. The number of benzene rings is 2. The molecule has 3 heteroatoms. The van der Waals surface area contributed by atoms with Crippen LogP contribution in [0.3, 0.4) is 0 Å². The van der Waals surface area contributed by atoms with Crippen molar-refractivity contribution in [1.82, 2.24) is 5.32 Å². The predicted octanol–water partition coefficient (Wildman–Crippen LogP) is 3.95. The molecule has 2 aromatic carbocycles. The molecule has 0 aliphatic rings. The summed E-state index contributed by atoms with van der Waals surface area (Å²) in [6.45, 7) is 6.17. The van der Waals surface area contributed by atoms with Gasteiger partial charge < -0.3 is 0 Å². The van der Waals surface area contributed by atoms with Crippen LogP contribution in [-0.2, 0) is 11.2 Å². The predicted molar refractivity (Wildman–Crippen MR) is 92.3 cm³/mol. The number of amides is 2. The van der Waals surface area contributed by atoms with Gasteiger partial charge in [-0.05, 0) is 42.5 Å². The molecule has 0 aliphatic carbocycles. The van der Waals surface area contributed by atoms with E-state index in [0.717, 1.165) is 12.0 Å². The van der Waals surface area contributed by atoms with Crippen LogP contribution in [0, 0.1) is 5.92 Å². The highest BCUT2D eigenvalue weighted by atomic mass is 16.2. The SMILES string of the molecule is CC(C)Cc1ccc(C(C)C(=O)NC(=O)c2ccccc2)cc1. The third-order valence-electron chi connectivity index (χ3n) is 3.79. The average molecular weight is 309 g/mol. The van der Waals surface area contributed by atoms with E-state index in [0.29, 0.717) is 11.5 Å². The van der Waals surface area contributed by atoms with Crippen molar-refractivity contribution in [3.05, 3.63) is 71.3 Å². The monoisotopic (exact) mass is 309 g/mol. The van der Waals surface area contributed by atoms with Crippen molar-refractivity contribution >= 4 is 11.8 Å². The standard InChI is InChI=1S/C20H23NO2/c1-14(2)13-16-9-11-17(12-10-16)15(3)19(22)21-20(23)18-7-5-4-6-8-18/h4-12,14-15H,13H2,1-3H3,(H,21,22,23). The summed E-state index contributed by atoms with van der Waals surface area (Å²) in [5.74, 6) is -0.407. The zero-order chi connectivity index (χ0) is 16.8. The van der Waals surface area contributed by atoms with Crippen LogP contribution in [0.4, 0.5) is 0 Å². The van der Waals surface area contributed by atoms with Gasteiger partial charge in [0.25, 0.3) is 5.91 Å². The highest BCUT2D eigenvalue weighted by Crippen LogP contribution is 2.18. The summed E-state index contributed by atoms with van der Waals surface area (Å²) < 4.78 is 0. The van der Waals surface area contributed by atoms with E-state index in [1.165, 1.54) is 5.56 Å². The molecule has 0 saturated carbocycles. The number of hydrogen-bond acceptors (Lipinski definition) is 2. The van der Waals surface area contributed by atoms with Gasteiger partial charge in [0.05, 0.1) is 5.92 Å². The first-order chi connectivity index (χ1) is 11.0. The molecule has 0 spiro atoms. The van der Waals surface area contributed by atoms with Gasteiger partial charge in [-0.15, -0.1) is 0 Å². The maximum Gasteiger partial charge on any atom is 0.257 e. The van der Waals surface area contributed by atoms with Crippen molar-refractivity contribution < 1.29 is 9.59 Å². The average Bonchev–Trinajstić information content (AvgIpc) is 2.55. The van der Waals surface area contributed by atoms with Gasteiger partial charge in [0.2, 0.25) is 5.91 Å². The van der Waals surface area contributed by atoms with Crippen molar-refractivity contribution in [2.24, 2.45) is 5.92 Å². The third-order valence-corrected chi connectivity index (χ3v) is 3.79. The Hall–Kier alpha value is -2.42. The number of imide groups is 1. The van der Waals surface area contributed by atoms with Crippen molar-refractivity contribution in [1.29, 1.82) is 0 Å². The van der Waals surface area contributed by atoms with Crippen LogP contribution in [0.2, 0.25) is 0 Å². The Kier molecular flexibility index (Phi) is 5.69. The van der Waals surface area contributed by atoms with Crippen molar-refractivity contribution in [2.45, 2.75) is 33.1 Å².